The third-order valence-corrected chi connectivity index (χ3v) is 6.59. The molecule has 0 spiro atoms. The third-order valence-electron chi connectivity index (χ3n) is 5.26. The SMILES string of the molecule is O=C(Nc1cc(-n2cnnn2)ccc1F)[C@@H]1CCCN1C1=NS(=O)(=O)c2ccccc21. The van der Waals surface area contributed by atoms with E-state index in [1.807, 2.05) is 0 Å². The van der Waals surface area contributed by atoms with Crippen molar-refractivity contribution in [2.24, 2.45) is 4.40 Å². The number of nitrogens with zero attached hydrogens (tertiary/aromatic N) is 6. The van der Waals surface area contributed by atoms with Gasteiger partial charge in [0, 0.05) is 12.1 Å². The molecule has 2 aliphatic heterocycles. The van der Waals surface area contributed by atoms with Crippen molar-refractivity contribution in [2.75, 3.05) is 11.9 Å². The maximum Gasteiger partial charge on any atom is 0.285 e. The van der Waals surface area contributed by atoms with Gasteiger partial charge in [-0.3, -0.25) is 4.79 Å². The average Bonchev–Trinajstić information content (AvgIpc) is 3.49. The number of benzene rings is 2. The zero-order valence-electron chi connectivity index (χ0n) is 16.0. The van der Waals surface area contributed by atoms with E-state index in [2.05, 4.69) is 25.2 Å². The molecule has 2 aromatic carbocycles. The van der Waals surface area contributed by atoms with Crippen molar-refractivity contribution >= 4 is 27.5 Å². The van der Waals surface area contributed by atoms with E-state index in [0.29, 0.717) is 30.6 Å². The average molecular weight is 441 g/mol. The summed E-state index contributed by atoms with van der Waals surface area (Å²) in [5.41, 5.74) is 0.922. The second kappa shape index (κ2) is 7.23. The molecule has 2 aliphatic rings. The lowest BCUT2D eigenvalue weighted by molar-refractivity contribution is -0.119. The molecule has 1 atom stereocenters. The van der Waals surface area contributed by atoms with Gasteiger partial charge in [0.25, 0.3) is 10.0 Å². The minimum absolute atomic E-state index is 0.0220. The van der Waals surface area contributed by atoms with Crippen LogP contribution in [0.2, 0.25) is 0 Å². The van der Waals surface area contributed by atoms with Crippen LogP contribution < -0.4 is 5.32 Å². The van der Waals surface area contributed by atoms with Crippen molar-refractivity contribution in [1.29, 1.82) is 0 Å². The summed E-state index contributed by atoms with van der Waals surface area (Å²) in [4.78, 5) is 14.8. The molecule has 0 bridgehead atoms. The van der Waals surface area contributed by atoms with Crippen molar-refractivity contribution < 1.29 is 17.6 Å². The van der Waals surface area contributed by atoms with Crippen molar-refractivity contribution in [3.63, 3.8) is 0 Å². The first-order chi connectivity index (χ1) is 14.9. The molecule has 5 rings (SSSR count). The second-order valence-electron chi connectivity index (χ2n) is 7.15. The maximum atomic E-state index is 14.4. The molecule has 3 heterocycles. The number of nitrogens with one attached hydrogen (secondary N) is 1. The summed E-state index contributed by atoms with van der Waals surface area (Å²) in [6, 6.07) is 9.95. The van der Waals surface area contributed by atoms with Crippen molar-refractivity contribution in [2.45, 2.75) is 23.8 Å². The summed E-state index contributed by atoms with van der Waals surface area (Å²) in [6.45, 7) is 0.466. The molecule has 158 valence electrons. The van der Waals surface area contributed by atoms with E-state index in [9.17, 15) is 17.6 Å². The van der Waals surface area contributed by atoms with E-state index in [1.54, 1.807) is 23.1 Å². The van der Waals surface area contributed by atoms with Gasteiger partial charge in [-0.15, -0.1) is 9.50 Å². The molecule has 0 saturated carbocycles. The van der Waals surface area contributed by atoms with Crippen LogP contribution in [0.1, 0.15) is 18.4 Å². The molecule has 1 N–H and O–H groups in total. The Morgan fingerprint density at radius 3 is 2.84 bits per heavy atom. The number of amidine groups is 1. The van der Waals surface area contributed by atoms with Gasteiger partial charge in [-0.1, -0.05) is 12.1 Å². The molecule has 0 aliphatic carbocycles. The molecule has 31 heavy (non-hydrogen) atoms. The molecule has 1 saturated heterocycles. The van der Waals surface area contributed by atoms with Crippen LogP contribution in [0.15, 0.2) is 58.1 Å². The number of anilines is 1. The van der Waals surface area contributed by atoms with Gasteiger partial charge in [0.1, 0.15) is 23.1 Å². The fraction of sp³-hybridized carbons (Fsp3) is 0.211. The minimum Gasteiger partial charge on any atom is -0.343 e. The summed E-state index contributed by atoms with van der Waals surface area (Å²) >= 11 is 0. The van der Waals surface area contributed by atoms with Crippen LogP contribution in [0.5, 0.6) is 0 Å². The van der Waals surface area contributed by atoms with Gasteiger partial charge in [0.05, 0.1) is 11.4 Å². The number of tetrazole rings is 1. The quantitative estimate of drug-likeness (QED) is 0.651. The van der Waals surface area contributed by atoms with Crippen molar-refractivity contribution in [1.82, 2.24) is 25.1 Å². The van der Waals surface area contributed by atoms with Gasteiger partial charge in [-0.05, 0) is 53.6 Å². The normalized spacial score (nSPS) is 19.2. The predicted molar refractivity (Wildman–Crippen MR) is 108 cm³/mol. The molecule has 12 heteroatoms. The summed E-state index contributed by atoms with van der Waals surface area (Å²) in [7, 11) is -3.80. The third kappa shape index (κ3) is 3.34. The first-order valence-electron chi connectivity index (χ1n) is 9.49. The van der Waals surface area contributed by atoms with Gasteiger partial charge in [-0.25, -0.2) is 9.07 Å². The first-order valence-corrected chi connectivity index (χ1v) is 10.9. The summed E-state index contributed by atoms with van der Waals surface area (Å²) in [5, 5.41) is 13.4. The Hall–Kier alpha value is -3.67. The Labute approximate surface area is 176 Å². The highest BCUT2D eigenvalue weighted by atomic mass is 32.2. The molecule has 0 unspecified atom stereocenters. The van der Waals surface area contributed by atoms with Crippen molar-refractivity contribution in [3.05, 3.63) is 60.2 Å². The van der Waals surface area contributed by atoms with E-state index < -0.39 is 27.8 Å². The molecular formula is C19H16FN7O3S. The zero-order chi connectivity index (χ0) is 21.6. The summed E-state index contributed by atoms with van der Waals surface area (Å²) in [6.07, 6.45) is 2.52. The Morgan fingerprint density at radius 2 is 2.03 bits per heavy atom. The minimum atomic E-state index is -3.80. The molecule has 0 radical (unpaired) electrons. The van der Waals surface area contributed by atoms with Crippen LogP contribution >= 0.6 is 0 Å². The Kier molecular flexibility index (Phi) is 4.50. The van der Waals surface area contributed by atoms with E-state index in [4.69, 9.17) is 0 Å². The molecular weight excluding hydrogens is 425 g/mol. The highest BCUT2D eigenvalue weighted by Gasteiger charge is 2.39. The van der Waals surface area contributed by atoms with Gasteiger partial charge in [-0.2, -0.15) is 8.42 Å². The Bertz CT molecular complexity index is 1310. The second-order valence-corrected chi connectivity index (χ2v) is 8.72. The lowest BCUT2D eigenvalue weighted by Gasteiger charge is -2.25. The smallest absolute Gasteiger partial charge is 0.285 e. The van der Waals surface area contributed by atoms with Crippen LogP contribution in [0.3, 0.4) is 0 Å². The number of hydrogen-bond acceptors (Lipinski definition) is 7. The lowest BCUT2D eigenvalue weighted by Crippen LogP contribution is -2.43. The van der Waals surface area contributed by atoms with Crippen LogP contribution in [0.4, 0.5) is 10.1 Å². The number of likely N-dealkylation sites (tertiary alicyclic amines) is 1. The Balaban J connectivity index is 1.43. The molecule has 1 aromatic heterocycles. The molecule has 3 aromatic rings. The van der Waals surface area contributed by atoms with E-state index >= 15 is 0 Å². The number of sulfonamides is 1. The zero-order valence-corrected chi connectivity index (χ0v) is 16.8. The first kappa shape index (κ1) is 19.3. The van der Waals surface area contributed by atoms with Crippen LogP contribution in [-0.2, 0) is 14.8 Å². The van der Waals surface area contributed by atoms with E-state index in [-0.39, 0.29) is 16.4 Å². The van der Waals surface area contributed by atoms with Gasteiger partial charge in [0.15, 0.2) is 5.84 Å². The van der Waals surface area contributed by atoms with Crippen molar-refractivity contribution in [3.8, 4) is 5.69 Å². The number of rotatable bonds is 3. The predicted octanol–water partition coefficient (Wildman–Crippen LogP) is 1.35. The number of halogens is 1. The van der Waals surface area contributed by atoms with Gasteiger partial charge in [0.2, 0.25) is 5.91 Å². The number of hydrogen-bond donors (Lipinski definition) is 1. The fourth-order valence-corrected chi connectivity index (χ4v) is 5.05. The number of fused-ring (bicyclic) bond motifs is 1. The highest BCUT2D eigenvalue weighted by Crippen LogP contribution is 2.31. The van der Waals surface area contributed by atoms with Crippen LogP contribution in [0.25, 0.3) is 5.69 Å². The van der Waals surface area contributed by atoms with E-state index in [0.717, 1.165) is 0 Å². The van der Waals surface area contributed by atoms with E-state index in [1.165, 1.54) is 35.3 Å². The topological polar surface area (TPSA) is 122 Å². The standard InChI is InChI=1S/C19H16FN7O3S/c20-14-8-7-12(27-11-21-24-25-27)10-15(14)22-19(28)16-5-3-9-26(16)18-13-4-1-2-6-17(13)31(29,30)23-18/h1-2,4,6-8,10-11,16H,3,5,9H2,(H,22,28)/t16-/m0/s1. The highest BCUT2D eigenvalue weighted by molar-refractivity contribution is 7.90. The monoisotopic (exact) mass is 441 g/mol. The fourth-order valence-electron chi connectivity index (χ4n) is 3.84. The molecule has 1 fully saturated rings. The number of amides is 1. The van der Waals surface area contributed by atoms with Gasteiger partial charge >= 0.3 is 0 Å². The van der Waals surface area contributed by atoms with Crippen LogP contribution in [-0.4, -0.2) is 57.9 Å². The largest absolute Gasteiger partial charge is 0.343 e. The number of carbonyl (C=O) groups excluding carboxylic acids is 1. The molecule has 1 amide bonds. The maximum absolute atomic E-state index is 14.4. The van der Waals surface area contributed by atoms with Crippen LogP contribution in [0, 0.1) is 5.82 Å². The van der Waals surface area contributed by atoms with Gasteiger partial charge < -0.3 is 10.2 Å². The lowest BCUT2D eigenvalue weighted by atomic mass is 10.1. The number of carbonyl (C=O) groups is 1. The number of aromatic nitrogens is 4. The Morgan fingerprint density at radius 1 is 1.19 bits per heavy atom. The molecule has 10 nitrogen and oxygen atoms in total. The summed E-state index contributed by atoms with van der Waals surface area (Å²) < 4.78 is 44.4. The summed E-state index contributed by atoms with van der Waals surface area (Å²) in [5.74, 6) is -0.813.